The van der Waals surface area contributed by atoms with E-state index < -0.39 is 12.0 Å². The summed E-state index contributed by atoms with van der Waals surface area (Å²) in [5.74, 6) is -1.05. The highest BCUT2D eigenvalue weighted by Crippen LogP contribution is 2.21. The highest BCUT2D eigenvalue weighted by atomic mass is 35.5. The molecular formula is C19H19ClN2O4. The van der Waals surface area contributed by atoms with Crippen LogP contribution in [0.5, 0.6) is 0 Å². The zero-order chi connectivity index (χ0) is 19.1. The quantitative estimate of drug-likeness (QED) is 0.759. The molecule has 0 saturated carbocycles. The molecule has 2 aromatic carbocycles. The lowest BCUT2D eigenvalue weighted by Crippen LogP contribution is -2.30. The number of carbonyl (C=O) groups is 3. The fourth-order valence-corrected chi connectivity index (χ4v) is 2.51. The maximum absolute atomic E-state index is 12.6. The fourth-order valence-electron chi connectivity index (χ4n) is 2.38. The van der Waals surface area contributed by atoms with Crippen LogP contribution < -0.4 is 10.6 Å². The number of nitrogens with one attached hydrogen (secondary N) is 2. The number of ether oxygens (including phenoxy) is 1. The molecule has 0 aliphatic carbocycles. The molecule has 2 amide bonds. The molecule has 0 aromatic heterocycles. The van der Waals surface area contributed by atoms with Gasteiger partial charge >= 0.3 is 5.97 Å². The first-order valence-corrected chi connectivity index (χ1v) is 8.27. The molecule has 2 N–H and O–H groups in total. The van der Waals surface area contributed by atoms with Crippen molar-refractivity contribution in [1.82, 2.24) is 5.32 Å². The first kappa shape index (κ1) is 19.5. The first-order valence-electron chi connectivity index (χ1n) is 7.90. The minimum Gasteiger partial charge on any atom is -0.469 e. The van der Waals surface area contributed by atoms with E-state index in [1.165, 1.54) is 14.0 Å². The van der Waals surface area contributed by atoms with Crippen LogP contribution in [-0.4, -0.2) is 24.9 Å². The average Bonchev–Trinajstić information content (AvgIpc) is 2.61. The summed E-state index contributed by atoms with van der Waals surface area (Å²) in [5, 5.41) is 6.00. The Morgan fingerprint density at radius 1 is 1.12 bits per heavy atom. The topological polar surface area (TPSA) is 84.5 Å². The minimum absolute atomic E-state index is 0.0186. The lowest BCUT2D eigenvalue weighted by Gasteiger charge is -2.18. The molecular weight excluding hydrogens is 356 g/mol. The van der Waals surface area contributed by atoms with E-state index in [9.17, 15) is 14.4 Å². The Morgan fingerprint density at radius 2 is 1.81 bits per heavy atom. The normalized spacial score (nSPS) is 11.3. The van der Waals surface area contributed by atoms with Crippen molar-refractivity contribution in [3.8, 4) is 0 Å². The number of amides is 2. The summed E-state index contributed by atoms with van der Waals surface area (Å²) in [6.07, 6.45) is -0.0186. The largest absolute Gasteiger partial charge is 0.469 e. The molecule has 0 heterocycles. The maximum atomic E-state index is 12.6. The van der Waals surface area contributed by atoms with Crippen molar-refractivity contribution in [3.63, 3.8) is 0 Å². The second-order valence-electron chi connectivity index (χ2n) is 5.62. The highest BCUT2D eigenvalue weighted by Gasteiger charge is 2.20. The minimum atomic E-state index is -0.573. The van der Waals surface area contributed by atoms with E-state index in [4.69, 9.17) is 16.3 Å². The third-order valence-corrected chi connectivity index (χ3v) is 3.87. The Balaban J connectivity index is 2.21. The van der Waals surface area contributed by atoms with E-state index in [0.717, 1.165) is 5.56 Å². The second-order valence-corrected chi connectivity index (χ2v) is 6.06. The molecule has 0 saturated heterocycles. The van der Waals surface area contributed by atoms with Gasteiger partial charge in [0.25, 0.3) is 5.91 Å². The third-order valence-electron chi connectivity index (χ3n) is 3.62. The summed E-state index contributed by atoms with van der Waals surface area (Å²) in [5.41, 5.74) is 1.60. The van der Waals surface area contributed by atoms with Crippen molar-refractivity contribution in [3.05, 3.63) is 64.7 Å². The highest BCUT2D eigenvalue weighted by molar-refractivity contribution is 6.30. The second kappa shape index (κ2) is 9.01. The molecule has 7 heteroatoms. The number of carbonyl (C=O) groups excluding carboxylic acids is 3. The van der Waals surface area contributed by atoms with Crippen LogP contribution in [-0.2, 0) is 14.3 Å². The lowest BCUT2D eigenvalue weighted by molar-refractivity contribution is -0.141. The number of hydrogen-bond donors (Lipinski definition) is 2. The molecule has 136 valence electrons. The molecule has 0 fully saturated rings. The summed E-state index contributed by atoms with van der Waals surface area (Å²) in [4.78, 5) is 35.5. The zero-order valence-corrected chi connectivity index (χ0v) is 15.2. The van der Waals surface area contributed by atoms with Gasteiger partial charge in [-0.1, -0.05) is 29.8 Å². The van der Waals surface area contributed by atoms with Gasteiger partial charge in [0.2, 0.25) is 5.91 Å². The Labute approximate surface area is 156 Å². The van der Waals surface area contributed by atoms with Gasteiger partial charge in [0, 0.05) is 23.2 Å². The molecule has 6 nitrogen and oxygen atoms in total. The Kier molecular flexibility index (Phi) is 6.74. The van der Waals surface area contributed by atoms with Crippen molar-refractivity contribution >= 4 is 35.1 Å². The van der Waals surface area contributed by atoms with E-state index in [0.29, 0.717) is 16.3 Å². The summed E-state index contributed by atoms with van der Waals surface area (Å²) in [7, 11) is 1.29. The van der Waals surface area contributed by atoms with Crippen LogP contribution in [0.2, 0.25) is 5.02 Å². The van der Waals surface area contributed by atoms with Gasteiger partial charge in [-0.15, -0.1) is 0 Å². The Morgan fingerprint density at radius 3 is 2.42 bits per heavy atom. The van der Waals surface area contributed by atoms with Gasteiger partial charge in [0.05, 0.1) is 19.6 Å². The van der Waals surface area contributed by atoms with Crippen LogP contribution in [0.4, 0.5) is 5.69 Å². The van der Waals surface area contributed by atoms with Gasteiger partial charge in [-0.3, -0.25) is 14.4 Å². The van der Waals surface area contributed by atoms with Crippen LogP contribution in [0, 0.1) is 0 Å². The van der Waals surface area contributed by atoms with E-state index in [2.05, 4.69) is 10.6 Å². The molecule has 2 aromatic rings. The van der Waals surface area contributed by atoms with Gasteiger partial charge in [-0.2, -0.15) is 0 Å². The summed E-state index contributed by atoms with van der Waals surface area (Å²) in [6, 6.07) is 12.8. The van der Waals surface area contributed by atoms with Crippen molar-refractivity contribution < 1.29 is 19.1 Å². The van der Waals surface area contributed by atoms with Crippen molar-refractivity contribution in [2.24, 2.45) is 0 Å². The zero-order valence-electron chi connectivity index (χ0n) is 14.4. The van der Waals surface area contributed by atoms with Crippen LogP contribution >= 0.6 is 11.6 Å². The van der Waals surface area contributed by atoms with Crippen LogP contribution in [0.1, 0.15) is 35.3 Å². The molecule has 2 rings (SSSR count). The SMILES string of the molecule is COC(=O)CC(NC(=O)c1cccc(NC(C)=O)c1)c1ccc(Cl)cc1. The number of anilines is 1. The van der Waals surface area contributed by atoms with E-state index in [1.54, 1.807) is 48.5 Å². The van der Waals surface area contributed by atoms with Gasteiger partial charge in [-0.25, -0.2) is 0 Å². The summed E-state index contributed by atoms with van der Waals surface area (Å²) >= 11 is 5.90. The molecule has 1 unspecified atom stereocenters. The maximum Gasteiger partial charge on any atom is 0.307 e. The standard InChI is InChI=1S/C19H19ClN2O4/c1-12(23)21-16-5-3-4-14(10-16)19(25)22-17(11-18(24)26-2)13-6-8-15(20)9-7-13/h3-10,17H,11H2,1-2H3,(H,21,23)(H,22,25). The molecule has 0 bridgehead atoms. The Hall–Kier alpha value is -2.86. The summed E-state index contributed by atoms with van der Waals surface area (Å²) in [6.45, 7) is 1.39. The lowest BCUT2D eigenvalue weighted by atomic mass is 10.0. The van der Waals surface area contributed by atoms with Crippen LogP contribution in [0.15, 0.2) is 48.5 Å². The van der Waals surface area contributed by atoms with Crippen LogP contribution in [0.3, 0.4) is 0 Å². The number of rotatable bonds is 6. The third kappa shape index (κ3) is 5.60. The van der Waals surface area contributed by atoms with Gasteiger partial charge in [0.1, 0.15) is 0 Å². The Bertz CT molecular complexity index is 805. The van der Waals surface area contributed by atoms with Crippen LogP contribution in [0.25, 0.3) is 0 Å². The van der Waals surface area contributed by atoms with Gasteiger partial charge in [-0.05, 0) is 35.9 Å². The number of methoxy groups -OCH3 is 1. The number of benzene rings is 2. The molecule has 26 heavy (non-hydrogen) atoms. The molecule has 1 atom stereocenters. The smallest absolute Gasteiger partial charge is 0.307 e. The average molecular weight is 375 g/mol. The molecule has 0 aliphatic rings. The van der Waals surface area contributed by atoms with Gasteiger partial charge in [0.15, 0.2) is 0 Å². The number of halogens is 1. The fraction of sp³-hybridized carbons (Fsp3) is 0.211. The van der Waals surface area contributed by atoms with E-state index in [-0.39, 0.29) is 18.2 Å². The predicted octanol–water partition coefficient (Wildman–Crippen LogP) is 3.33. The molecule has 0 aliphatic heterocycles. The van der Waals surface area contributed by atoms with E-state index >= 15 is 0 Å². The molecule has 0 radical (unpaired) electrons. The van der Waals surface area contributed by atoms with Crippen molar-refractivity contribution in [1.29, 1.82) is 0 Å². The number of hydrogen-bond acceptors (Lipinski definition) is 4. The van der Waals surface area contributed by atoms with Gasteiger partial charge < -0.3 is 15.4 Å². The predicted molar refractivity (Wildman–Crippen MR) is 99.0 cm³/mol. The van der Waals surface area contributed by atoms with Crippen molar-refractivity contribution in [2.45, 2.75) is 19.4 Å². The molecule has 0 spiro atoms. The number of esters is 1. The van der Waals surface area contributed by atoms with Crippen molar-refractivity contribution in [2.75, 3.05) is 12.4 Å². The first-order chi connectivity index (χ1) is 12.4. The monoisotopic (exact) mass is 374 g/mol. The van der Waals surface area contributed by atoms with E-state index in [1.807, 2.05) is 0 Å². The summed E-state index contributed by atoms with van der Waals surface area (Å²) < 4.78 is 4.71.